The van der Waals surface area contributed by atoms with Gasteiger partial charge in [0.1, 0.15) is 23.3 Å². The number of methoxy groups -OCH3 is 1. The van der Waals surface area contributed by atoms with E-state index in [1.165, 1.54) is 0 Å². The van der Waals surface area contributed by atoms with Crippen LogP contribution in [-0.4, -0.2) is 44.4 Å². The number of fused-ring (bicyclic) bond motifs is 1. The Morgan fingerprint density at radius 1 is 1.00 bits per heavy atom. The zero-order valence-corrected chi connectivity index (χ0v) is 21.2. The summed E-state index contributed by atoms with van der Waals surface area (Å²) in [5.41, 5.74) is 3.34. The third-order valence-corrected chi connectivity index (χ3v) is 7.19. The van der Waals surface area contributed by atoms with E-state index in [0.717, 1.165) is 35.0 Å². The van der Waals surface area contributed by atoms with Gasteiger partial charge in [-0.05, 0) is 61.7 Å². The topological polar surface area (TPSA) is 89.4 Å². The van der Waals surface area contributed by atoms with Crippen LogP contribution in [0.1, 0.15) is 36.8 Å². The summed E-state index contributed by atoms with van der Waals surface area (Å²) in [5.74, 6) is 0.381. The van der Waals surface area contributed by atoms with Crippen molar-refractivity contribution in [2.24, 2.45) is 0 Å². The Balaban J connectivity index is 1.48. The van der Waals surface area contributed by atoms with E-state index in [4.69, 9.17) is 4.74 Å². The van der Waals surface area contributed by atoms with E-state index in [2.05, 4.69) is 15.6 Å². The Morgan fingerprint density at radius 3 is 2.41 bits per heavy atom. The van der Waals surface area contributed by atoms with Gasteiger partial charge < -0.3 is 15.0 Å². The number of para-hydroxylation sites is 1. The summed E-state index contributed by atoms with van der Waals surface area (Å²) in [4.78, 5) is 29.7. The summed E-state index contributed by atoms with van der Waals surface area (Å²) in [6, 6.07) is 22.9. The summed E-state index contributed by atoms with van der Waals surface area (Å²) < 4.78 is 6.85. The maximum Gasteiger partial charge on any atom is 0.250 e. The molecule has 1 N–H and O–H groups in total. The number of nitrogens with one attached hydrogen (secondary N) is 1. The number of benzene rings is 3. The lowest BCUT2D eigenvalue weighted by Gasteiger charge is -2.40. The molecule has 2 amide bonds. The molecule has 0 aliphatic heterocycles. The van der Waals surface area contributed by atoms with Gasteiger partial charge >= 0.3 is 0 Å². The van der Waals surface area contributed by atoms with E-state index in [1.807, 2.05) is 79.7 Å². The standard InChI is InChI=1S/C29H31N5O3/c1-21-9-11-22(12-10-21)19-33(27(35)20-34-26-8-4-3-7-25(26)31-32-34)29(17-5-6-18-29)28(36)30-23-13-15-24(37-2)16-14-23/h3-4,7-16H,5-6,17-20H2,1-2H3,(H,30,36). The highest BCUT2D eigenvalue weighted by Gasteiger charge is 2.48. The summed E-state index contributed by atoms with van der Waals surface area (Å²) in [6.07, 6.45) is 2.95. The van der Waals surface area contributed by atoms with Gasteiger partial charge in [0.25, 0.3) is 0 Å². The molecule has 0 bridgehead atoms. The fourth-order valence-corrected chi connectivity index (χ4v) is 5.10. The highest BCUT2D eigenvalue weighted by atomic mass is 16.5. The molecular weight excluding hydrogens is 466 g/mol. The fraction of sp³-hybridized carbons (Fsp3) is 0.310. The van der Waals surface area contributed by atoms with Crippen molar-refractivity contribution in [3.8, 4) is 5.75 Å². The first-order valence-corrected chi connectivity index (χ1v) is 12.6. The van der Waals surface area contributed by atoms with Crippen LogP contribution < -0.4 is 10.1 Å². The van der Waals surface area contributed by atoms with Crippen LogP contribution in [-0.2, 0) is 22.7 Å². The molecular formula is C29H31N5O3. The third kappa shape index (κ3) is 5.05. The minimum absolute atomic E-state index is 0.00391. The lowest BCUT2D eigenvalue weighted by molar-refractivity contribution is -0.147. The summed E-state index contributed by atoms with van der Waals surface area (Å²) in [5, 5.41) is 11.5. The molecule has 1 fully saturated rings. The first kappa shape index (κ1) is 24.5. The highest BCUT2D eigenvalue weighted by Crippen LogP contribution is 2.38. The van der Waals surface area contributed by atoms with Gasteiger partial charge in [-0.25, -0.2) is 4.68 Å². The summed E-state index contributed by atoms with van der Waals surface area (Å²) in [7, 11) is 1.61. The van der Waals surface area contributed by atoms with Gasteiger partial charge in [0, 0.05) is 12.2 Å². The van der Waals surface area contributed by atoms with E-state index < -0.39 is 5.54 Å². The molecule has 4 aromatic rings. The number of nitrogens with zero attached hydrogens (tertiary/aromatic N) is 4. The molecule has 5 rings (SSSR count). The Kier molecular flexibility index (Phi) is 6.90. The Labute approximate surface area is 216 Å². The third-order valence-electron chi connectivity index (χ3n) is 7.19. The number of carbonyl (C=O) groups is 2. The molecule has 37 heavy (non-hydrogen) atoms. The highest BCUT2D eigenvalue weighted by molar-refractivity contribution is 6.01. The van der Waals surface area contributed by atoms with Crippen molar-refractivity contribution in [3.63, 3.8) is 0 Å². The van der Waals surface area contributed by atoms with Crippen LogP contribution in [0.3, 0.4) is 0 Å². The summed E-state index contributed by atoms with van der Waals surface area (Å²) >= 11 is 0. The summed E-state index contributed by atoms with van der Waals surface area (Å²) in [6.45, 7) is 2.37. The normalized spacial score (nSPS) is 14.4. The van der Waals surface area contributed by atoms with Crippen LogP contribution in [0, 0.1) is 6.92 Å². The predicted octanol–water partition coefficient (Wildman–Crippen LogP) is 4.73. The van der Waals surface area contributed by atoms with Crippen LogP contribution in [0.25, 0.3) is 11.0 Å². The van der Waals surface area contributed by atoms with E-state index in [9.17, 15) is 9.59 Å². The number of aryl methyl sites for hydroxylation is 1. The molecule has 0 radical (unpaired) electrons. The molecule has 0 spiro atoms. The molecule has 3 aromatic carbocycles. The van der Waals surface area contributed by atoms with Gasteiger partial charge in [0.05, 0.1) is 12.6 Å². The van der Waals surface area contributed by atoms with Gasteiger partial charge in [0.15, 0.2) is 0 Å². The van der Waals surface area contributed by atoms with E-state index in [-0.39, 0.29) is 18.4 Å². The monoisotopic (exact) mass is 497 g/mol. The SMILES string of the molecule is COc1ccc(NC(=O)C2(N(Cc3ccc(C)cc3)C(=O)Cn3nnc4ccccc43)CCCC2)cc1. The number of aromatic nitrogens is 3. The minimum atomic E-state index is -0.960. The predicted molar refractivity (Wildman–Crippen MR) is 142 cm³/mol. The van der Waals surface area contributed by atoms with Crippen molar-refractivity contribution >= 4 is 28.5 Å². The Hall–Kier alpha value is -4.20. The molecule has 1 aliphatic rings. The molecule has 8 nitrogen and oxygen atoms in total. The van der Waals surface area contributed by atoms with Gasteiger partial charge in [-0.2, -0.15) is 0 Å². The number of anilines is 1. The Morgan fingerprint density at radius 2 is 1.70 bits per heavy atom. The number of rotatable bonds is 8. The van der Waals surface area contributed by atoms with Gasteiger partial charge in [-0.3, -0.25) is 9.59 Å². The van der Waals surface area contributed by atoms with Crippen molar-refractivity contribution in [1.29, 1.82) is 0 Å². The van der Waals surface area contributed by atoms with Crippen LogP contribution in [0.15, 0.2) is 72.8 Å². The quantitative estimate of drug-likeness (QED) is 0.380. The first-order valence-electron chi connectivity index (χ1n) is 12.6. The van der Waals surface area contributed by atoms with Crippen LogP contribution in [0.5, 0.6) is 5.75 Å². The lowest BCUT2D eigenvalue weighted by Crippen LogP contribution is -2.57. The smallest absolute Gasteiger partial charge is 0.250 e. The van der Waals surface area contributed by atoms with Gasteiger partial charge in [-0.1, -0.05) is 60.0 Å². The average molecular weight is 498 g/mol. The van der Waals surface area contributed by atoms with Crippen molar-refractivity contribution in [3.05, 3.63) is 83.9 Å². The fourth-order valence-electron chi connectivity index (χ4n) is 5.10. The maximum absolute atomic E-state index is 14.0. The van der Waals surface area contributed by atoms with E-state index in [1.54, 1.807) is 16.7 Å². The molecule has 190 valence electrons. The number of amides is 2. The molecule has 0 unspecified atom stereocenters. The molecule has 0 atom stereocenters. The second-order valence-corrected chi connectivity index (χ2v) is 9.62. The number of hydrogen-bond acceptors (Lipinski definition) is 5. The molecule has 8 heteroatoms. The van der Waals surface area contributed by atoms with E-state index in [0.29, 0.717) is 30.8 Å². The molecule has 0 saturated heterocycles. The van der Waals surface area contributed by atoms with Crippen molar-refractivity contribution < 1.29 is 14.3 Å². The average Bonchev–Trinajstić information content (AvgIpc) is 3.57. The minimum Gasteiger partial charge on any atom is -0.497 e. The van der Waals surface area contributed by atoms with E-state index >= 15 is 0 Å². The second kappa shape index (κ2) is 10.4. The molecule has 1 aromatic heterocycles. The van der Waals surface area contributed by atoms with Crippen molar-refractivity contribution in [2.45, 2.75) is 51.2 Å². The number of hydrogen-bond donors (Lipinski definition) is 1. The lowest BCUT2D eigenvalue weighted by atomic mass is 9.92. The Bertz CT molecular complexity index is 1390. The maximum atomic E-state index is 14.0. The van der Waals surface area contributed by atoms with Crippen LogP contribution in [0.4, 0.5) is 5.69 Å². The second-order valence-electron chi connectivity index (χ2n) is 9.62. The number of carbonyl (C=O) groups excluding carboxylic acids is 2. The molecule has 1 saturated carbocycles. The first-order chi connectivity index (χ1) is 18.0. The number of ether oxygens (including phenoxy) is 1. The van der Waals surface area contributed by atoms with Crippen LogP contribution >= 0.6 is 0 Å². The zero-order chi connectivity index (χ0) is 25.8. The molecule has 1 aliphatic carbocycles. The van der Waals surface area contributed by atoms with Crippen molar-refractivity contribution in [2.75, 3.05) is 12.4 Å². The largest absolute Gasteiger partial charge is 0.497 e. The molecule has 1 heterocycles. The van der Waals surface area contributed by atoms with Gasteiger partial charge in [-0.15, -0.1) is 5.10 Å². The van der Waals surface area contributed by atoms with Gasteiger partial charge in [0.2, 0.25) is 11.8 Å². The zero-order valence-electron chi connectivity index (χ0n) is 21.2. The van der Waals surface area contributed by atoms with Crippen molar-refractivity contribution in [1.82, 2.24) is 19.9 Å². The van der Waals surface area contributed by atoms with Crippen LogP contribution in [0.2, 0.25) is 0 Å².